The standard InChI is InChI=1S/C27H30N2O5/c1-3-15-34-25-12-8-22(18-26(25)31-2)19-29(20-24-5-4-16-32-24)27(30)13-9-21-6-10-23(11-7-21)33-17-14-28/h3,6-13,18,24H,1,4-5,15-17,19-20H2,2H3/b13-9+. The van der Waals surface area contributed by atoms with E-state index in [0.29, 0.717) is 36.9 Å². The van der Waals surface area contributed by atoms with Gasteiger partial charge in [-0.15, -0.1) is 0 Å². The van der Waals surface area contributed by atoms with E-state index in [1.165, 1.54) is 0 Å². The number of nitriles is 1. The van der Waals surface area contributed by atoms with Gasteiger partial charge in [-0.25, -0.2) is 0 Å². The summed E-state index contributed by atoms with van der Waals surface area (Å²) in [6, 6.07) is 14.8. The molecule has 1 unspecified atom stereocenters. The highest BCUT2D eigenvalue weighted by atomic mass is 16.5. The van der Waals surface area contributed by atoms with Crippen molar-refractivity contribution in [1.29, 1.82) is 5.26 Å². The van der Waals surface area contributed by atoms with Gasteiger partial charge in [0.05, 0.1) is 13.2 Å². The second-order valence-electron chi connectivity index (χ2n) is 7.79. The maximum atomic E-state index is 13.1. The van der Waals surface area contributed by atoms with E-state index in [-0.39, 0.29) is 18.6 Å². The van der Waals surface area contributed by atoms with Gasteiger partial charge < -0.3 is 23.8 Å². The summed E-state index contributed by atoms with van der Waals surface area (Å²) < 4.78 is 22.1. The van der Waals surface area contributed by atoms with Crippen molar-refractivity contribution >= 4 is 12.0 Å². The van der Waals surface area contributed by atoms with Gasteiger partial charge in [0.15, 0.2) is 18.1 Å². The zero-order valence-electron chi connectivity index (χ0n) is 19.4. The van der Waals surface area contributed by atoms with Crippen LogP contribution in [0.2, 0.25) is 0 Å². The van der Waals surface area contributed by atoms with Crippen molar-refractivity contribution in [3.05, 3.63) is 72.3 Å². The fourth-order valence-electron chi connectivity index (χ4n) is 3.63. The van der Waals surface area contributed by atoms with E-state index in [2.05, 4.69) is 6.58 Å². The van der Waals surface area contributed by atoms with Gasteiger partial charge in [-0.05, 0) is 54.3 Å². The van der Waals surface area contributed by atoms with Crippen molar-refractivity contribution in [2.75, 3.05) is 33.5 Å². The fraction of sp³-hybridized carbons (Fsp3) is 0.333. The molecule has 34 heavy (non-hydrogen) atoms. The topological polar surface area (TPSA) is 81.0 Å². The van der Waals surface area contributed by atoms with Crippen LogP contribution >= 0.6 is 0 Å². The van der Waals surface area contributed by atoms with E-state index in [0.717, 1.165) is 30.6 Å². The molecule has 0 radical (unpaired) electrons. The first kappa shape index (κ1) is 24.9. The van der Waals surface area contributed by atoms with Crippen molar-refractivity contribution in [3.63, 3.8) is 0 Å². The van der Waals surface area contributed by atoms with Gasteiger partial charge in [0.25, 0.3) is 0 Å². The average molecular weight is 463 g/mol. The van der Waals surface area contributed by atoms with Crippen LogP contribution in [0.1, 0.15) is 24.0 Å². The molecule has 2 aromatic rings. The maximum absolute atomic E-state index is 13.1. The van der Waals surface area contributed by atoms with E-state index < -0.39 is 0 Å². The highest BCUT2D eigenvalue weighted by Gasteiger charge is 2.22. The number of benzene rings is 2. The number of nitrogens with zero attached hydrogens (tertiary/aromatic N) is 2. The summed E-state index contributed by atoms with van der Waals surface area (Å²) in [7, 11) is 1.59. The lowest BCUT2D eigenvalue weighted by molar-refractivity contribution is -0.128. The number of ether oxygens (including phenoxy) is 4. The molecule has 7 nitrogen and oxygen atoms in total. The number of methoxy groups -OCH3 is 1. The minimum atomic E-state index is -0.105. The molecule has 0 aromatic heterocycles. The Balaban J connectivity index is 1.72. The zero-order valence-corrected chi connectivity index (χ0v) is 19.4. The summed E-state index contributed by atoms with van der Waals surface area (Å²) >= 11 is 0. The van der Waals surface area contributed by atoms with Crippen LogP contribution in [0.3, 0.4) is 0 Å². The smallest absolute Gasteiger partial charge is 0.246 e. The first-order valence-electron chi connectivity index (χ1n) is 11.2. The van der Waals surface area contributed by atoms with E-state index in [1.807, 2.05) is 36.4 Å². The van der Waals surface area contributed by atoms with Crippen LogP contribution < -0.4 is 14.2 Å². The minimum Gasteiger partial charge on any atom is -0.493 e. The Labute approximate surface area is 200 Å². The summed E-state index contributed by atoms with van der Waals surface area (Å²) in [6.45, 7) is 5.71. The Morgan fingerprint density at radius 2 is 2.06 bits per heavy atom. The lowest BCUT2D eigenvalue weighted by Crippen LogP contribution is -2.35. The first-order valence-corrected chi connectivity index (χ1v) is 11.2. The van der Waals surface area contributed by atoms with Gasteiger partial charge in [0.2, 0.25) is 5.91 Å². The number of amides is 1. The third kappa shape index (κ3) is 7.39. The molecule has 178 valence electrons. The van der Waals surface area contributed by atoms with Gasteiger partial charge in [0, 0.05) is 25.8 Å². The zero-order chi connectivity index (χ0) is 24.2. The number of rotatable bonds is 12. The molecule has 3 rings (SSSR count). The Morgan fingerprint density at radius 1 is 1.24 bits per heavy atom. The number of hydrogen-bond acceptors (Lipinski definition) is 6. The lowest BCUT2D eigenvalue weighted by atomic mass is 10.1. The van der Waals surface area contributed by atoms with Gasteiger partial charge in [-0.1, -0.05) is 30.9 Å². The SMILES string of the molecule is C=CCOc1ccc(CN(CC2CCCO2)C(=O)/C=C/c2ccc(OCC#N)cc2)cc1OC. The van der Waals surface area contributed by atoms with Crippen molar-refractivity contribution in [1.82, 2.24) is 4.90 Å². The van der Waals surface area contributed by atoms with Crippen LogP contribution in [0.5, 0.6) is 17.2 Å². The second-order valence-corrected chi connectivity index (χ2v) is 7.79. The first-order chi connectivity index (χ1) is 16.6. The molecule has 1 fully saturated rings. The fourth-order valence-corrected chi connectivity index (χ4v) is 3.63. The third-order valence-electron chi connectivity index (χ3n) is 5.32. The Bertz CT molecular complexity index is 1020. The Morgan fingerprint density at radius 3 is 2.74 bits per heavy atom. The minimum absolute atomic E-state index is 0.00197. The molecule has 2 aromatic carbocycles. The van der Waals surface area contributed by atoms with Gasteiger partial charge in [-0.3, -0.25) is 4.79 Å². The van der Waals surface area contributed by atoms with Crippen molar-refractivity contribution < 1.29 is 23.7 Å². The van der Waals surface area contributed by atoms with E-state index in [4.69, 9.17) is 24.2 Å². The van der Waals surface area contributed by atoms with Gasteiger partial charge >= 0.3 is 0 Å². The Kier molecular flexibility index (Phi) is 9.56. The molecular weight excluding hydrogens is 432 g/mol. The number of carbonyl (C=O) groups is 1. The number of hydrogen-bond donors (Lipinski definition) is 0. The van der Waals surface area contributed by atoms with Gasteiger partial charge in [0.1, 0.15) is 18.4 Å². The normalized spacial score (nSPS) is 15.0. The molecule has 0 spiro atoms. The van der Waals surface area contributed by atoms with Gasteiger partial charge in [-0.2, -0.15) is 5.26 Å². The summed E-state index contributed by atoms with van der Waals surface area (Å²) in [6.07, 6.45) is 6.99. The maximum Gasteiger partial charge on any atom is 0.246 e. The van der Waals surface area contributed by atoms with E-state index in [1.54, 1.807) is 42.4 Å². The van der Waals surface area contributed by atoms with Crippen LogP contribution in [0, 0.1) is 11.3 Å². The molecule has 0 aliphatic carbocycles. The molecule has 1 saturated heterocycles. The summed E-state index contributed by atoms with van der Waals surface area (Å²) in [5.41, 5.74) is 1.79. The Hall–Kier alpha value is -3.76. The highest BCUT2D eigenvalue weighted by Crippen LogP contribution is 2.29. The largest absolute Gasteiger partial charge is 0.493 e. The molecule has 1 aliphatic rings. The second kappa shape index (κ2) is 13.1. The lowest BCUT2D eigenvalue weighted by Gasteiger charge is -2.25. The van der Waals surface area contributed by atoms with Crippen LogP contribution in [-0.4, -0.2) is 50.4 Å². The van der Waals surface area contributed by atoms with Crippen LogP contribution in [0.4, 0.5) is 0 Å². The highest BCUT2D eigenvalue weighted by molar-refractivity contribution is 5.91. The number of carbonyl (C=O) groups excluding carboxylic acids is 1. The molecule has 7 heteroatoms. The summed E-state index contributed by atoms with van der Waals surface area (Å²) in [5.74, 6) is 1.74. The molecule has 1 aliphatic heterocycles. The molecule has 1 atom stereocenters. The average Bonchev–Trinajstić information content (AvgIpc) is 3.38. The predicted molar refractivity (Wildman–Crippen MR) is 130 cm³/mol. The van der Waals surface area contributed by atoms with Crippen molar-refractivity contribution in [2.24, 2.45) is 0 Å². The quantitative estimate of drug-likeness (QED) is 0.344. The molecular formula is C27H30N2O5. The molecule has 1 heterocycles. The molecule has 0 N–H and O–H groups in total. The van der Waals surface area contributed by atoms with E-state index >= 15 is 0 Å². The monoisotopic (exact) mass is 462 g/mol. The molecule has 0 saturated carbocycles. The van der Waals surface area contributed by atoms with Crippen LogP contribution in [0.25, 0.3) is 6.08 Å². The van der Waals surface area contributed by atoms with Crippen LogP contribution in [-0.2, 0) is 16.1 Å². The molecule has 0 bridgehead atoms. The molecule has 1 amide bonds. The predicted octanol–water partition coefficient (Wildman–Crippen LogP) is 4.38. The van der Waals surface area contributed by atoms with E-state index in [9.17, 15) is 4.79 Å². The van der Waals surface area contributed by atoms with Crippen molar-refractivity contribution in [3.8, 4) is 23.3 Å². The third-order valence-corrected chi connectivity index (χ3v) is 5.32. The summed E-state index contributed by atoms with van der Waals surface area (Å²) in [5, 5.41) is 8.61. The van der Waals surface area contributed by atoms with Crippen molar-refractivity contribution in [2.45, 2.75) is 25.5 Å². The summed E-state index contributed by atoms with van der Waals surface area (Å²) in [4.78, 5) is 14.9. The van der Waals surface area contributed by atoms with Crippen LogP contribution in [0.15, 0.2) is 61.2 Å².